The average Bonchev–Trinajstić information content (AvgIpc) is 2.74. The Balaban J connectivity index is 1.97. The summed E-state index contributed by atoms with van der Waals surface area (Å²) < 4.78 is 2.43. The molecule has 1 amide bonds. The van der Waals surface area contributed by atoms with Crippen molar-refractivity contribution in [3.63, 3.8) is 0 Å². The number of fused-ring (bicyclic) bond motifs is 1. The third kappa shape index (κ3) is 4.60. The van der Waals surface area contributed by atoms with Crippen LogP contribution in [0.15, 0.2) is 44.9 Å². The fourth-order valence-corrected chi connectivity index (χ4v) is 4.26. The van der Waals surface area contributed by atoms with Crippen LogP contribution in [0.3, 0.4) is 0 Å². The Morgan fingerprint density at radius 1 is 1.17 bits per heavy atom. The summed E-state index contributed by atoms with van der Waals surface area (Å²) in [5, 5.41) is 3.79. The number of aryl methyl sites for hydroxylation is 2. The van der Waals surface area contributed by atoms with E-state index in [0.717, 1.165) is 29.4 Å². The van der Waals surface area contributed by atoms with Crippen molar-refractivity contribution in [2.45, 2.75) is 31.1 Å². The number of carbonyl (C=O) groups is 1. The first kappa shape index (κ1) is 22.1. The number of unbranched alkanes of at least 4 members (excludes halogenated alkanes) is 1. The monoisotopic (exact) mass is 446 g/mol. The van der Waals surface area contributed by atoms with Gasteiger partial charge in [-0.2, -0.15) is 0 Å². The van der Waals surface area contributed by atoms with Crippen molar-refractivity contribution < 1.29 is 4.79 Å². The van der Waals surface area contributed by atoms with Crippen molar-refractivity contribution in [1.82, 2.24) is 14.1 Å². The van der Waals surface area contributed by atoms with Crippen LogP contribution in [0.25, 0.3) is 11.0 Å². The van der Waals surface area contributed by atoms with Gasteiger partial charge in [-0.25, -0.2) is 9.78 Å². The molecule has 0 aliphatic heterocycles. The number of nitrogens with zero attached hydrogens (tertiary/aromatic N) is 3. The summed E-state index contributed by atoms with van der Waals surface area (Å²) in [5.74, 6) is -0.0808. The molecule has 30 heavy (non-hydrogen) atoms. The predicted molar refractivity (Wildman–Crippen MR) is 122 cm³/mol. The lowest BCUT2D eigenvalue weighted by Crippen LogP contribution is -2.37. The van der Waals surface area contributed by atoms with Crippen LogP contribution in [-0.4, -0.2) is 25.8 Å². The van der Waals surface area contributed by atoms with E-state index in [1.807, 2.05) is 0 Å². The first-order valence-electron chi connectivity index (χ1n) is 9.59. The maximum Gasteiger partial charge on any atom is 0.332 e. The topological polar surface area (TPSA) is 86.0 Å². The molecule has 0 aliphatic rings. The Morgan fingerprint density at radius 2 is 1.87 bits per heavy atom. The van der Waals surface area contributed by atoms with Crippen LogP contribution in [0.2, 0.25) is 5.02 Å². The fraction of sp³-hybridized carbons (Fsp3) is 0.333. The van der Waals surface area contributed by atoms with Gasteiger partial charge in [0.05, 0.1) is 11.1 Å². The highest BCUT2D eigenvalue weighted by Crippen LogP contribution is 2.29. The number of rotatable bonds is 7. The Labute approximate surface area is 183 Å². The second-order valence-corrected chi connectivity index (χ2v) is 8.39. The molecular weight excluding hydrogens is 424 g/mol. The Hall–Kier alpha value is -2.58. The third-order valence-electron chi connectivity index (χ3n) is 4.77. The van der Waals surface area contributed by atoms with E-state index in [-0.39, 0.29) is 11.7 Å². The van der Waals surface area contributed by atoms with Crippen LogP contribution < -0.4 is 16.6 Å². The van der Waals surface area contributed by atoms with E-state index in [1.54, 1.807) is 37.5 Å². The van der Waals surface area contributed by atoms with Gasteiger partial charge in [-0.3, -0.25) is 18.7 Å². The van der Waals surface area contributed by atoms with Gasteiger partial charge in [0.2, 0.25) is 5.91 Å². The van der Waals surface area contributed by atoms with Gasteiger partial charge in [-0.05, 0) is 42.7 Å². The number of anilines is 1. The highest BCUT2D eigenvalue weighted by molar-refractivity contribution is 8.00. The van der Waals surface area contributed by atoms with Gasteiger partial charge in [-0.1, -0.05) is 24.9 Å². The van der Waals surface area contributed by atoms with Crippen molar-refractivity contribution in [1.29, 1.82) is 0 Å². The average molecular weight is 447 g/mol. The molecule has 1 N–H and O–H groups in total. The molecule has 158 valence electrons. The summed E-state index contributed by atoms with van der Waals surface area (Å²) in [5.41, 5.74) is 1.04. The first-order valence-corrected chi connectivity index (χ1v) is 11.0. The van der Waals surface area contributed by atoms with Crippen LogP contribution in [0.4, 0.5) is 5.69 Å². The Bertz CT molecular complexity index is 1200. The number of amides is 1. The molecular formula is C21H23ClN4O3S. The largest absolute Gasteiger partial charge is 0.332 e. The lowest BCUT2D eigenvalue weighted by atomic mass is 10.1. The molecule has 0 unspecified atom stereocenters. The molecule has 2 aromatic heterocycles. The van der Waals surface area contributed by atoms with Crippen LogP contribution in [0, 0.1) is 0 Å². The number of thioether (sulfide) groups is 1. The zero-order chi connectivity index (χ0) is 21.8. The molecule has 0 bridgehead atoms. The molecule has 0 fully saturated rings. The smallest absolute Gasteiger partial charge is 0.325 e. The maximum atomic E-state index is 12.9. The van der Waals surface area contributed by atoms with Crippen LogP contribution in [0.5, 0.6) is 0 Å². The van der Waals surface area contributed by atoms with Crippen molar-refractivity contribution >= 4 is 46.0 Å². The van der Waals surface area contributed by atoms with Crippen molar-refractivity contribution in [3.8, 4) is 0 Å². The molecule has 0 saturated heterocycles. The van der Waals surface area contributed by atoms with Gasteiger partial charge in [-0.15, -0.1) is 11.8 Å². The summed E-state index contributed by atoms with van der Waals surface area (Å²) in [6.07, 6.45) is 4.37. The first-order chi connectivity index (χ1) is 14.3. The number of nitrogens with one attached hydrogen (secondary N) is 1. The van der Waals surface area contributed by atoms with Crippen LogP contribution in [-0.2, 0) is 25.3 Å². The molecule has 2 heterocycles. The number of hydrogen-bond acceptors (Lipinski definition) is 5. The fourth-order valence-electron chi connectivity index (χ4n) is 3.12. The van der Waals surface area contributed by atoms with Gasteiger partial charge in [0, 0.05) is 35.9 Å². The molecule has 3 aromatic rings. The standard InChI is InChI=1S/C21H23ClN4O3S/c1-4-5-6-13-11-23-19-17(20(28)26(3)21(29)25(19)2)18(13)30-12-16(27)24-15-9-7-14(22)8-10-15/h7-11H,4-6,12H2,1-3H3,(H,24,27). The minimum atomic E-state index is -0.433. The van der Waals surface area contributed by atoms with Crippen LogP contribution in [0.1, 0.15) is 25.3 Å². The van der Waals surface area contributed by atoms with E-state index in [0.29, 0.717) is 26.6 Å². The highest BCUT2D eigenvalue weighted by atomic mass is 35.5. The number of aromatic nitrogens is 3. The van der Waals surface area contributed by atoms with Crippen molar-refractivity contribution in [2.24, 2.45) is 14.1 Å². The SMILES string of the molecule is CCCCc1cnc2c(c1SCC(=O)Nc1ccc(Cl)cc1)c(=O)n(C)c(=O)n2C. The molecule has 0 radical (unpaired) electrons. The summed E-state index contributed by atoms with van der Waals surface area (Å²) in [6.45, 7) is 2.09. The summed E-state index contributed by atoms with van der Waals surface area (Å²) in [7, 11) is 3.04. The van der Waals surface area contributed by atoms with E-state index in [9.17, 15) is 14.4 Å². The van der Waals surface area contributed by atoms with E-state index in [4.69, 9.17) is 11.6 Å². The highest BCUT2D eigenvalue weighted by Gasteiger charge is 2.18. The predicted octanol–water partition coefficient (Wildman–Crippen LogP) is 3.36. The van der Waals surface area contributed by atoms with Crippen molar-refractivity contribution in [2.75, 3.05) is 11.1 Å². The zero-order valence-corrected chi connectivity index (χ0v) is 18.6. The second kappa shape index (κ2) is 9.49. The second-order valence-electron chi connectivity index (χ2n) is 6.96. The number of carbonyl (C=O) groups excluding carboxylic acids is 1. The third-order valence-corrected chi connectivity index (χ3v) is 6.18. The summed E-state index contributed by atoms with van der Waals surface area (Å²) >= 11 is 7.16. The summed E-state index contributed by atoms with van der Waals surface area (Å²) in [4.78, 5) is 42.7. The molecule has 0 spiro atoms. The quantitative estimate of drug-likeness (QED) is 0.562. The van der Waals surface area contributed by atoms with E-state index >= 15 is 0 Å². The lowest BCUT2D eigenvalue weighted by Gasteiger charge is -2.14. The number of halogens is 1. The summed E-state index contributed by atoms with van der Waals surface area (Å²) in [6, 6.07) is 6.86. The van der Waals surface area contributed by atoms with Gasteiger partial charge >= 0.3 is 5.69 Å². The van der Waals surface area contributed by atoms with E-state index < -0.39 is 11.2 Å². The molecule has 0 aliphatic carbocycles. The molecule has 7 nitrogen and oxygen atoms in total. The molecule has 3 rings (SSSR count). The number of benzene rings is 1. The molecule has 0 atom stereocenters. The zero-order valence-electron chi connectivity index (χ0n) is 17.1. The molecule has 0 saturated carbocycles. The van der Waals surface area contributed by atoms with E-state index in [2.05, 4.69) is 17.2 Å². The van der Waals surface area contributed by atoms with Crippen LogP contribution >= 0.6 is 23.4 Å². The number of hydrogen-bond donors (Lipinski definition) is 1. The minimum absolute atomic E-state index is 0.118. The van der Waals surface area contributed by atoms with E-state index in [1.165, 1.54) is 23.4 Å². The normalized spacial score (nSPS) is 11.1. The minimum Gasteiger partial charge on any atom is -0.325 e. The van der Waals surface area contributed by atoms with Gasteiger partial charge < -0.3 is 5.32 Å². The Kier molecular flexibility index (Phi) is 6.99. The Morgan fingerprint density at radius 3 is 2.53 bits per heavy atom. The lowest BCUT2D eigenvalue weighted by molar-refractivity contribution is -0.113. The van der Waals surface area contributed by atoms with Gasteiger partial charge in [0.15, 0.2) is 0 Å². The van der Waals surface area contributed by atoms with Crippen molar-refractivity contribution in [3.05, 3.63) is 61.9 Å². The maximum absolute atomic E-state index is 12.9. The molecule has 1 aromatic carbocycles. The molecule has 9 heteroatoms. The van der Waals surface area contributed by atoms with Gasteiger partial charge in [0.1, 0.15) is 5.65 Å². The van der Waals surface area contributed by atoms with Gasteiger partial charge in [0.25, 0.3) is 5.56 Å². The number of pyridine rings is 1.